The van der Waals surface area contributed by atoms with E-state index in [4.69, 9.17) is 202 Å². The van der Waals surface area contributed by atoms with Gasteiger partial charge >= 0.3 is 358 Å². The molecule has 66 heavy (non-hydrogen) atoms. The molecule has 0 aliphatic carbocycles. The van der Waals surface area contributed by atoms with Gasteiger partial charge in [0.1, 0.15) is 39.2 Å². The Kier molecular flexibility index (Phi) is 14.7. The first-order valence-electron chi connectivity index (χ1n) is 19.2. The third-order valence-corrected chi connectivity index (χ3v) is 12.0. The van der Waals surface area contributed by atoms with E-state index in [1.807, 2.05) is 0 Å². The van der Waals surface area contributed by atoms with Gasteiger partial charge in [-0.1, -0.05) is 10.9 Å². The van der Waals surface area contributed by atoms with E-state index >= 15 is 0 Å². The second-order valence-electron chi connectivity index (χ2n) is 15.5. The van der Waals surface area contributed by atoms with Crippen molar-refractivity contribution in [3.8, 4) is 34.6 Å². The van der Waals surface area contributed by atoms with Gasteiger partial charge in [-0.3, -0.25) is 0 Å². The van der Waals surface area contributed by atoms with Crippen molar-refractivity contribution in [3.05, 3.63) is 38.8 Å². The van der Waals surface area contributed by atoms with Crippen LogP contribution in [0.3, 0.4) is 0 Å². The molecule has 0 saturated carbocycles. The molecular formula is C41H6B25. The quantitative estimate of drug-likeness (QED) is 0.112. The Hall–Kier alpha value is -3.63. The molecule has 0 heterocycles. The Morgan fingerprint density at radius 3 is 1.12 bits per heavy atom. The Bertz CT molecular complexity index is 3320. The normalized spacial score (nSPS) is 12.2. The first kappa shape index (κ1) is 51.8. The van der Waals surface area contributed by atoms with Crippen LogP contribution in [0.5, 0.6) is 0 Å². The van der Waals surface area contributed by atoms with Crippen LogP contribution >= 0.6 is 0 Å². The van der Waals surface area contributed by atoms with Crippen molar-refractivity contribution < 1.29 is 0 Å². The molecular weight excluding hydrogens is 763 g/mol. The number of terminal acetylenes is 1. The molecule has 0 fully saturated rings. The predicted octanol–water partition coefficient (Wildman–Crippen LogP) is -15.5. The van der Waals surface area contributed by atoms with Crippen LogP contribution in [0.4, 0.5) is 0 Å². The minimum absolute atomic E-state index is 0.00458. The van der Waals surface area contributed by atoms with Gasteiger partial charge in [-0.15, -0.1) is 10.9 Å². The van der Waals surface area contributed by atoms with E-state index < -0.39 is 6.32 Å². The van der Waals surface area contributed by atoms with E-state index in [1.165, 1.54) is 6.92 Å². The molecule has 0 aromatic heterocycles. The van der Waals surface area contributed by atoms with Crippen molar-refractivity contribution in [2.75, 3.05) is 0 Å². The molecule has 0 spiro atoms. The molecule has 0 bridgehead atoms. The van der Waals surface area contributed by atoms with Gasteiger partial charge in [-0.05, 0) is 5.39 Å². The van der Waals surface area contributed by atoms with Crippen LogP contribution in [0.1, 0.15) is 34.7 Å². The molecule has 0 saturated heterocycles. The van der Waals surface area contributed by atoms with Crippen LogP contribution in [0.15, 0.2) is 10.9 Å². The van der Waals surface area contributed by atoms with E-state index in [1.54, 1.807) is 0 Å². The van der Waals surface area contributed by atoms with E-state index in [9.17, 15) is 0 Å². The van der Waals surface area contributed by atoms with Crippen molar-refractivity contribution in [1.29, 1.82) is 0 Å². The molecule has 0 unspecified atom stereocenters. The summed E-state index contributed by atoms with van der Waals surface area (Å²) in [5.74, 6) is 2.33. The van der Waals surface area contributed by atoms with Crippen molar-refractivity contribution in [2.45, 2.75) is 13.2 Å². The molecule has 245 valence electrons. The maximum absolute atomic E-state index is 7.23. The first-order chi connectivity index (χ1) is 30.7. The van der Waals surface area contributed by atoms with Crippen LogP contribution in [-0.2, 0) is 6.32 Å². The summed E-state index contributed by atoms with van der Waals surface area (Å²) in [6.45, 7) is 1.51. The third kappa shape index (κ3) is 7.51. The van der Waals surface area contributed by atoms with Gasteiger partial charge in [0.05, 0.1) is 0 Å². The molecule has 6 aromatic carbocycles. The Balaban J connectivity index is 1.94. The third-order valence-electron chi connectivity index (χ3n) is 12.0. The molecule has 49 radical (unpaired) electrons. The molecule has 0 aliphatic heterocycles. The number of rotatable bonds is 7. The van der Waals surface area contributed by atoms with Gasteiger partial charge < -0.3 is 0 Å². The van der Waals surface area contributed by atoms with Crippen LogP contribution in [0.2, 0.25) is 0 Å². The summed E-state index contributed by atoms with van der Waals surface area (Å²) >= 11 is 0. The summed E-state index contributed by atoms with van der Waals surface area (Å²) in [5.41, 5.74) is -4.00. The number of fused-ring (bicyclic) bond motifs is 2. The zero-order valence-corrected chi connectivity index (χ0v) is 35.7. The Morgan fingerprint density at radius 2 is 0.697 bits per heavy atom. The van der Waals surface area contributed by atoms with Crippen LogP contribution in [0, 0.1) is 12.3 Å². The summed E-state index contributed by atoms with van der Waals surface area (Å²) in [6.07, 6.45) is 5.42. The van der Waals surface area contributed by atoms with Gasteiger partial charge in [0.2, 0.25) is 0 Å². The van der Waals surface area contributed by atoms with Gasteiger partial charge in [0, 0.05) is 0 Å². The summed E-state index contributed by atoms with van der Waals surface area (Å²) in [4.78, 5) is 0. The monoisotopic (exact) mass is 773 g/mol. The van der Waals surface area contributed by atoms with Crippen LogP contribution in [-0.4, -0.2) is 201 Å². The van der Waals surface area contributed by atoms with Gasteiger partial charge in [-0.2, -0.15) is 0 Å². The molecule has 25 heteroatoms. The number of hydrogen-bond acceptors (Lipinski definition) is 0. The van der Waals surface area contributed by atoms with Crippen LogP contribution in [0.25, 0.3) is 54.7 Å². The summed E-state index contributed by atoms with van der Waals surface area (Å²) in [5, 5.41) is 0.178. The number of benzene rings is 6. The molecule has 0 N–H and O–H groups in total. The minimum atomic E-state index is -0.433. The fraction of sp³-hybridized carbons (Fsp3) is 0.0488. The van der Waals surface area contributed by atoms with Crippen molar-refractivity contribution in [3.63, 3.8) is 0 Å². The van der Waals surface area contributed by atoms with Crippen LogP contribution < -0.4 is 104 Å². The standard InChI is InChI=1S/C41H6B25/c1-3-7(44)21(46)8-6(4-42)9(22(47)15-14(20(45)5(2)43)32(57)38(63)39(64)33(15)58)11-12(25(50)37(62)36(61)24(11)49)10(8)13-26(51)29(54)18(30(55)27(13)52)16-23(48)17-19(31(56)28(16)53)35(60)41(66)40(65)34(17)59/h1H,4H2,2H3/b20-5-,21-7-. The van der Waals surface area contributed by atoms with Crippen molar-refractivity contribution >= 4 is 338 Å². The fourth-order valence-electron chi connectivity index (χ4n) is 8.44. The number of allylic oxidation sites excluding steroid dienone is 2. The average molecular weight is 769 g/mol. The SMILES string of the molecule is [B]Cc1c(/C([B])=C(/[B])C#C)c(-c2c([B])c([B])c(-c3c([B])c([B])c4c([B])c([B])c([B])c([B])c4c3[B])c([B])c2[B])c2c([B])c([B])c([B])c([B])c2c1C(=[B])c1c([B])c([B])c([B])c([B])c1/C([B])=C(/[B])C. The zero-order valence-electron chi connectivity index (χ0n) is 35.7. The molecule has 6 rings (SSSR count). The Labute approximate surface area is 421 Å². The van der Waals surface area contributed by atoms with Gasteiger partial charge in [0.25, 0.3) is 0 Å². The van der Waals surface area contributed by atoms with Crippen molar-refractivity contribution in [1.82, 2.24) is 0 Å². The van der Waals surface area contributed by atoms with Crippen molar-refractivity contribution in [2.24, 2.45) is 0 Å². The molecule has 0 aliphatic rings. The first-order valence-corrected chi connectivity index (χ1v) is 19.2. The van der Waals surface area contributed by atoms with E-state index in [0.717, 1.165) is 0 Å². The Morgan fingerprint density at radius 1 is 0.364 bits per heavy atom. The topological polar surface area (TPSA) is 0 Å². The van der Waals surface area contributed by atoms with E-state index in [0.29, 0.717) is 0 Å². The second kappa shape index (κ2) is 18.7. The average Bonchev–Trinajstić information content (AvgIpc) is 3.28. The fourth-order valence-corrected chi connectivity index (χ4v) is 8.44. The van der Waals surface area contributed by atoms with E-state index in [-0.39, 0.29) is 203 Å². The summed E-state index contributed by atoms with van der Waals surface area (Å²) in [6, 6.07) is 0. The summed E-state index contributed by atoms with van der Waals surface area (Å²) < 4.78 is 0. The molecule has 0 atom stereocenters. The molecule has 0 nitrogen and oxygen atoms in total. The molecule has 0 amide bonds. The zero-order chi connectivity index (χ0) is 49.8. The van der Waals surface area contributed by atoms with Gasteiger partial charge in [-0.25, -0.2) is 0 Å². The maximum atomic E-state index is 7.23. The summed E-state index contributed by atoms with van der Waals surface area (Å²) in [7, 11) is 166. The van der Waals surface area contributed by atoms with Gasteiger partial charge in [0.15, 0.2) is 0 Å². The number of hydrogen-bond donors (Lipinski definition) is 0. The molecule has 6 aromatic rings. The van der Waals surface area contributed by atoms with E-state index in [2.05, 4.69) is 5.92 Å². The second-order valence-corrected chi connectivity index (χ2v) is 15.5. The predicted molar refractivity (Wildman–Crippen MR) is 311 cm³/mol.